The van der Waals surface area contributed by atoms with Gasteiger partial charge in [0.2, 0.25) is 0 Å². The standard InChI is InChI=1S/C30H37N5O2/c1-22-10-11-25(30(37)35-18-14-24(15-19-35)23-8-5-4-6-9-23)20-27(22)33-29(36)26-12-13-28(32-21-26)31-16-7-17-34(2)3/h4-6,8-13,20-21,24H,7,14-19H2,1-3H3,(H,31,32)(H,33,36). The first-order valence-electron chi connectivity index (χ1n) is 13.0. The van der Waals surface area contributed by atoms with Crippen molar-refractivity contribution in [2.45, 2.75) is 32.1 Å². The topological polar surface area (TPSA) is 77.6 Å². The molecule has 1 saturated heterocycles. The molecule has 2 aromatic carbocycles. The summed E-state index contributed by atoms with van der Waals surface area (Å²) in [6, 6.07) is 19.6. The van der Waals surface area contributed by atoms with E-state index in [2.05, 4.69) is 44.8 Å². The number of likely N-dealkylation sites (tertiary alicyclic amines) is 1. The number of amides is 2. The first kappa shape index (κ1) is 26.4. The van der Waals surface area contributed by atoms with Crippen LogP contribution in [0.3, 0.4) is 0 Å². The molecule has 0 radical (unpaired) electrons. The lowest BCUT2D eigenvalue weighted by atomic mass is 9.89. The molecule has 3 aromatic rings. The Morgan fingerprint density at radius 3 is 2.41 bits per heavy atom. The molecule has 0 unspecified atom stereocenters. The highest BCUT2D eigenvalue weighted by Crippen LogP contribution is 2.29. The molecule has 2 N–H and O–H groups in total. The van der Waals surface area contributed by atoms with Crippen molar-refractivity contribution < 1.29 is 9.59 Å². The van der Waals surface area contributed by atoms with Gasteiger partial charge >= 0.3 is 0 Å². The van der Waals surface area contributed by atoms with Gasteiger partial charge in [-0.2, -0.15) is 0 Å². The van der Waals surface area contributed by atoms with Crippen molar-refractivity contribution in [3.63, 3.8) is 0 Å². The molecule has 1 aliphatic heterocycles. The highest BCUT2D eigenvalue weighted by atomic mass is 16.2. The molecular weight excluding hydrogens is 462 g/mol. The summed E-state index contributed by atoms with van der Waals surface area (Å²) >= 11 is 0. The molecule has 0 aliphatic carbocycles. The lowest BCUT2D eigenvalue weighted by Gasteiger charge is -2.32. The number of carbonyl (C=O) groups excluding carboxylic acids is 2. The second-order valence-electron chi connectivity index (χ2n) is 9.98. The van der Waals surface area contributed by atoms with E-state index < -0.39 is 0 Å². The van der Waals surface area contributed by atoms with Gasteiger partial charge in [0.05, 0.1) is 5.56 Å². The summed E-state index contributed by atoms with van der Waals surface area (Å²) in [5, 5.41) is 6.24. The van der Waals surface area contributed by atoms with Crippen LogP contribution < -0.4 is 10.6 Å². The van der Waals surface area contributed by atoms with E-state index in [1.165, 1.54) is 5.56 Å². The van der Waals surface area contributed by atoms with Crippen molar-refractivity contribution in [3.05, 3.63) is 89.1 Å². The van der Waals surface area contributed by atoms with Gasteiger partial charge in [0.25, 0.3) is 11.8 Å². The number of anilines is 2. The fourth-order valence-electron chi connectivity index (χ4n) is 4.65. The van der Waals surface area contributed by atoms with Crippen LogP contribution in [0.4, 0.5) is 11.5 Å². The van der Waals surface area contributed by atoms with Crippen LogP contribution in [-0.4, -0.2) is 66.9 Å². The summed E-state index contributed by atoms with van der Waals surface area (Å²) in [6.45, 7) is 5.21. The zero-order valence-corrected chi connectivity index (χ0v) is 22.0. The Kier molecular flexibility index (Phi) is 8.90. The van der Waals surface area contributed by atoms with Crippen LogP contribution in [0.2, 0.25) is 0 Å². The number of pyridine rings is 1. The second-order valence-corrected chi connectivity index (χ2v) is 9.98. The molecule has 1 fully saturated rings. The minimum absolute atomic E-state index is 0.00775. The molecule has 2 heterocycles. The summed E-state index contributed by atoms with van der Waals surface area (Å²) in [6.07, 6.45) is 4.50. The second kappa shape index (κ2) is 12.5. The van der Waals surface area contributed by atoms with Gasteiger partial charge in [0, 0.05) is 37.1 Å². The zero-order chi connectivity index (χ0) is 26.2. The number of hydrogen-bond donors (Lipinski definition) is 2. The van der Waals surface area contributed by atoms with Crippen LogP contribution >= 0.6 is 0 Å². The number of carbonyl (C=O) groups is 2. The molecule has 37 heavy (non-hydrogen) atoms. The van der Waals surface area contributed by atoms with E-state index in [4.69, 9.17) is 0 Å². The van der Waals surface area contributed by atoms with Crippen LogP contribution in [-0.2, 0) is 0 Å². The minimum atomic E-state index is -0.247. The fourth-order valence-corrected chi connectivity index (χ4v) is 4.65. The van der Waals surface area contributed by atoms with Crippen LogP contribution in [0.5, 0.6) is 0 Å². The summed E-state index contributed by atoms with van der Waals surface area (Å²) in [5.74, 6) is 0.998. The highest BCUT2D eigenvalue weighted by Gasteiger charge is 2.25. The van der Waals surface area contributed by atoms with E-state index in [-0.39, 0.29) is 11.8 Å². The lowest BCUT2D eigenvalue weighted by Crippen LogP contribution is -2.38. The number of aryl methyl sites for hydroxylation is 1. The summed E-state index contributed by atoms with van der Waals surface area (Å²) in [4.78, 5) is 34.6. The van der Waals surface area contributed by atoms with Crippen molar-refractivity contribution >= 4 is 23.3 Å². The molecule has 0 bridgehead atoms. The van der Waals surface area contributed by atoms with Crippen molar-refractivity contribution in [2.24, 2.45) is 0 Å². The van der Waals surface area contributed by atoms with Crippen LogP contribution in [0.1, 0.15) is 57.0 Å². The third-order valence-electron chi connectivity index (χ3n) is 6.90. The maximum absolute atomic E-state index is 13.2. The van der Waals surface area contributed by atoms with Gasteiger partial charge in [-0.25, -0.2) is 4.98 Å². The van der Waals surface area contributed by atoms with Gasteiger partial charge in [0.1, 0.15) is 5.82 Å². The number of hydrogen-bond acceptors (Lipinski definition) is 5. The van der Waals surface area contributed by atoms with Gasteiger partial charge in [0.15, 0.2) is 0 Å². The van der Waals surface area contributed by atoms with Gasteiger partial charge in [-0.15, -0.1) is 0 Å². The Morgan fingerprint density at radius 2 is 1.73 bits per heavy atom. The molecule has 7 nitrogen and oxygen atoms in total. The summed E-state index contributed by atoms with van der Waals surface area (Å²) in [7, 11) is 4.10. The van der Waals surface area contributed by atoms with E-state index in [0.29, 0.717) is 22.7 Å². The van der Waals surface area contributed by atoms with Crippen LogP contribution in [0.15, 0.2) is 66.9 Å². The van der Waals surface area contributed by atoms with Gasteiger partial charge in [-0.05, 0) is 88.1 Å². The van der Waals surface area contributed by atoms with Crippen molar-refractivity contribution in [1.29, 1.82) is 0 Å². The van der Waals surface area contributed by atoms with Gasteiger partial charge in [-0.3, -0.25) is 9.59 Å². The van der Waals surface area contributed by atoms with E-state index in [9.17, 15) is 9.59 Å². The first-order chi connectivity index (χ1) is 17.9. The van der Waals surface area contributed by atoms with Crippen molar-refractivity contribution in [2.75, 3.05) is 50.9 Å². The Morgan fingerprint density at radius 1 is 1.00 bits per heavy atom. The number of aromatic nitrogens is 1. The number of rotatable bonds is 9. The average Bonchev–Trinajstić information content (AvgIpc) is 2.92. The lowest BCUT2D eigenvalue weighted by molar-refractivity contribution is 0.0712. The molecule has 1 aliphatic rings. The van der Waals surface area contributed by atoms with E-state index in [1.54, 1.807) is 18.3 Å². The predicted octanol–water partition coefficient (Wildman–Crippen LogP) is 5.03. The van der Waals surface area contributed by atoms with Crippen LogP contribution in [0, 0.1) is 6.92 Å². The smallest absolute Gasteiger partial charge is 0.257 e. The number of benzene rings is 2. The summed E-state index contributed by atoms with van der Waals surface area (Å²) in [5.41, 5.74) is 3.95. The number of nitrogens with zero attached hydrogens (tertiary/aromatic N) is 3. The van der Waals surface area contributed by atoms with Gasteiger partial charge < -0.3 is 20.4 Å². The molecule has 1 aromatic heterocycles. The SMILES string of the molecule is Cc1ccc(C(=O)N2CCC(c3ccccc3)CC2)cc1NC(=O)c1ccc(NCCCN(C)C)nc1. The fraction of sp³-hybridized carbons (Fsp3) is 0.367. The molecule has 0 atom stereocenters. The molecular formula is C30H37N5O2. The number of nitrogens with one attached hydrogen (secondary N) is 2. The van der Waals surface area contributed by atoms with Crippen LogP contribution in [0.25, 0.3) is 0 Å². The Bertz CT molecular complexity index is 1190. The monoisotopic (exact) mass is 499 g/mol. The van der Waals surface area contributed by atoms with E-state index in [1.807, 2.05) is 50.2 Å². The van der Waals surface area contributed by atoms with E-state index >= 15 is 0 Å². The molecule has 0 spiro atoms. The van der Waals surface area contributed by atoms with Crippen molar-refractivity contribution in [1.82, 2.24) is 14.8 Å². The molecule has 0 saturated carbocycles. The third kappa shape index (κ3) is 7.17. The Labute approximate surface area is 219 Å². The van der Waals surface area contributed by atoms with Crippen molar-refractivity contribution in [3.8, 4) is 0 Å². The normalized spacial score (nSPS) is 14.0. The molecule has 4 rings (SSSR count). The molecule has 2 amide bonds. The first-order valence-corrected chi connectivity index (χ1v) is 13.0. The average molecular weight is 500 g/mol. The summed E-state index contributed by atoms with van der Waals surface area (Å²) < 4.78 is 0. The third-order valence-corrected chi connectivity index (χ3v) is 6.90. The maximum atomic E-state index is 13.2. The van der Waals surface area contributed by atoms with Gasteiger partial charge in [-0.1, -0.05) is 36.4 Å². The minimum Gasteiger partial charge on any atom is -0.370 e. The van der Waals surface area contributed by atoms with E-state index in [0.717, 1.165) is 56.8 Å². The molecule has 194 valence electrons. The zero-order valence-electron chi connectivity index (χ0n) is 22.0. The Balaban J connectivity index is 1.34. The number of piperidine rings is 1. The largest absolute Gasteiger partial charge is 0.370 e. The quantitative estimate of drug-likeness (QED) is 0.404. The predicted molar refractivity (Wildman–Crippen MR) is 149 cm³/mol. The maximum Gasteiger partial charge on any atom is 0.257 e. The Hall–Kier alpha value is -3.71. The molecule has 7 heteroatoms. The highest BCUT2D eigenvalue weighted by molar-refractivity contribution is 6.05.